The number of ether oxygens (including phenoxy) is 1. The van der Waals surface area contributed by atoms with Crippen LogP contribution in [0.5, 0.6) is 0 Å². The number of hydrogen-bond donors (Lipinski definition) is 1. The number of rotatable bonds is 1. The van der Waals surface area contributed by atoms with Crippen LogP contribution in [0.25, 0.3) is 0 Å². The minimum absolute atomic E-state index is 0.367. The number of hydrogen-bond acceptors (Lipinski definition) is 2. The van der Waals surface area contributed by atoms with Gasteiger partial charge in [-0.1, -0.05) is 18.2 Å². The van der Waals surface area contributed by atoms with Crippen LogP contribution >= 0.6 is 0 Å². The normalized spacial score (nSPS) is 18.0. The van der Waals surface area contributed by atoms with E-state index >= 15 is 0 Å². The van der Waals surface area contributed by atoms with Gasteiger partial charge in [-0.3, -0.25) is 0 Å². The molecule has 0 fully saturated rings. The molecule has 0 aromatic heterocycles. The van der Waals surface area contributed by atoms with E-state index in [-0.39, 0.29) is 6.10 Å². The zero-order valence-electron chi connectivity index (χ0n) is 7.79. The molecule has 1 atom stereocenters. The van der Waals surface area contributed by atoms with Gasteiger partial charge in [0.25, 0.3) is 0 Å². The second kappa shape index (κ2) is 3.48. The van der Waals surface area contributed by atoms with E-state index in [0.29, 0.717) is 0 Å². The third kappa shape index (κ3) is 1.74. The average Bonchev–Trinajstić information content (AvgIpc) is 2.17. The molecule has 2 heteroatoms. The van der Waals surface area contributed by atoms with E-state index < -0.39 is 0 Å². The van der Waals surface area contributed by atoms with Gasteiger partial charge < -0.3 is 9.84 Å². The molecule has 1 heterocycles. The summed E-state index contributed by atoms with van der Waals surface area (Å²) in [6.07, 6.45) is 0.601. The first-order chi connectivity index (χ1) is 6.27. The number of fused-ring (bicyclic) bond motifs is 1. The molecule has 0 spiro atoms. The maximum absolute atomic E-state index is 9.39. The Hall–Kier alpha value is -0.860. The van der Waals surface area contributed by atoms with E-state index in [4.69, 9.17) is 4.74 Å². The summed E-state index contributed by atoms with van der Waals surface area (Å²) in [5.74, 6) is 0. The van der Waals surface area contributed by atoms with Crippen LogP contribution in [0.1, 0.15) is 29.7 Å². The Bertz CT molecular complexity index is 305. The first-order valence-corrected chi connectivity index (χ1v) is 4.65. The summed E-state index contributed by atoms with van der Waals surface area (Å²) < 4.78 is 5.33. The van der Waals surface area contributed by atoms with E-state index in [1.54, 1.807) is 6.92 Å². The van der Waals surface area contributed by atoms with Crippen molar-refractivity contribution in [2.75, 3.05) is 6.61 Å². The Morgan fingerprint density at radius 2 is 2.23 bits per heavy atom. The van der Waals surface area contributed by atoms with Gasteiger partial charge in [-0.25, -0.2) is 0 Å². The quantitative estimate of drug-likeness (QED) is 0.710. The van der Waals surface area contributed by atoms with Gasteiger partial charge in [-0.05, 0) is 30.0 Å². The smallest absolute Gasteiger partial charge is 0.0762 e. The average molecular weight is 178 g/mol. The highest BCUT2D eigenvalue weighted by Gasteiger charge is 2.10. The maximum atomic E-state index is 9.39. The summed E-state index contributed by atoms with van der Waals surface area (Å²) >= 11 is 0. The topological polar surface area (TPSA) is 29.5 Å². The van der Waals surface area contributed by atoms with Gasteiger partial charge in [-0.15, -0.1) is 0 Å². The molecule has 1 N–H and O–H groups in total. The van der Waals surface area contributed by atoms with Gasteiger partial charge in [0.15, 0.2) is 0 Å². The lowest BCUT2D eigenvalue weighted by Gasteiger charge is -2.17. The fourth-order valence-electron chi connectivity index (χ4n) is 1.64. The van der Waals surface area contributed by atoms with Crippen LogP contribution in [0.15, 0.2) is 18.2 Å². The van der Waals surface area contributed by atoms with Crippen LogP contribution in [-0.4, -0.2) is 11.7 Å². The maximum Gasteiger partial charge on any atom is 0.0762 e. The number of aliphatic hydroxyl groups excluding tert-OH is 1. The Morgan fingerprint density at radius 1 is 1.38 bits per heavy atom. The Balaban J connectivity index is 2.35. The molecule has 0 amide bonds. The van der Waals surface area contributed by atoms with E-state index in [0.717, 1.165) is 25.2 Å². The van der Waals surface area contributed by atoms with Crippen LogP contribution in [-0.2, 0) is 17.8 Å². The summed E-state index contributed by atoms with van der Waals surface area (Å²) in [5, 5.41) is 9.39. The predicted molar refractivity (Wildman–Crippen MR) is 50.4 cm³/mol. The van der Waals surface area contributed by atoms with Crippen LogP contribution in [0.3, 0.4) is 0 Å². The van der Waals surface area contributed by atoms with Crippen molar-refractivity contribution in [3.8, 4) is 0 Å². The molecule has 0 saturated heterocycles. The van der Waals surface area contributed by atoms with E-state index in [2.05, 4.69) is 12.1 Å². The molecule has 0 bridgehead atoms. The second-order valence-electron chi connectivity index (χ2n) is 3.51. The van der Waals surface area contributed by atoms with Gasteiger partial charge in [0.05, 0.1) is 19.3 Å². The molecular weight excluding hydrogens is 164 g/mol. The van der Waals surface area contributed by atoms with Gasteiger partial charge in [0.1, 0.15) is 0 Å². The molecule has 0 saturated carbocycles. The fraction of sp³-hybridized carbons (Fsp3) is 0.455. The van der Waals surface area contributed by atoms with Crippen molar-refractivity contribution in [1.82, 2.24) is 0 Å². The lowest BCUT2D eigenvalue weighted by atomic mass is 9.98. The van der Waals surface area contributed by atoms with Gasteiger partial charge in [0.2, 0.25) is 0 Å². The third-order valence-corrected chi connectivity index (χ3v) is 2.49. The highest BCUT2D eigenvalue weighted by Crippen LogP contribution is 2.21. The summed E-state index contributed by atoms with van der Waals surface area (Å²) in [4.78, 5) is 0. The number of aliphatic hydroxyl groups is 1. The van der Waals surface area contributed by atoms with Crippen molar-refractivity contribution >= 4 is 0 Å². The molecule has 2 rings (SSSR count). The SMILES string of the molecule is C[C@@H](O)c1ccc2c(c1)CCOC2. The summed E-state index contributed by atoms with van der Waals surface area (Å²) in [6.45, 7) is 3.31. The Kier molecular flexibility index (Phi) is 2.34. The van der Waals surface area contributed by atoms with E-state index in [9.17, 15) is 5.11 Å². The molecule has 1 aliphatic heterocycles. The highest BCUT2D eigenvalue weighted by atomic mass is 16.5. The standard InChI is InChI=1S/C11H14O2/c1-8(12)9-2-3-11-7-13-5-4-10(11)6-9/h2-3,6,8,12H,4-5,7H2,1H3/t8-/m1/s1. The highest BCUT2D eigenvalue weighted by molar-refractivity contribution is 5.33. The zero-order valence-corrected chi connectivity index (χ0v) is 7.79. The summed E-state index contributed by atoms with van der Waals surface area (Å²) in [6, 6.07) is 6.11. The van der Waals surface area contributed by atoms with Crippen LogP contribution in [0, 0.1) is 0 Å². The second-order valence-corrected chi connectivity index (χ2v) is 3.51. The lowest BCUT2D eigenvalue weighted by molar-refractivity contribution is 0.110. The van der Waals surface area contributed by atoms with Crippen molar-refractivity contribution < 1.29 is 9.84 Å². The van der Waals surface area contributed by atoms with Crippen LogP contribution < -0.4 is 0 Å². The molecule has 70 valence electrons. The van der Waals surface area contributed by atoms with Gasteiger partial charge in [0, 0.05) is 0 Å². The third-order valence-electron chi connectivity index (χ3n) is 2.49. The summed E-state index contributed by atoms with van der Waals surface area (Å²) in [5.41, 5.74) is 3.58. The molecule has 1 aliphatic rings. The first kappa shape index (κ1) is 8.73. The molecular formula is C11H14O2. The van der Waals surface area contributed by atoms with Crippen molar-refractivity contribution in [3.63, 3.8) is 0 Å². The molecule has 1 aromatic rings. The lowest BCUT2D eigenvalue weighted by Crippen LogP contribution is -2.10. The molecule has 0 unspecified atom stereocenters. The minimum atomic E-state index is -0.367. The predicted octanol–water partition coefficient (Wildman–Crippen LogP) is 1.81. The Labute approximate surface area is 78.2 Å². The minimum Gasteiger partial charge on any atom is -0.389 e. The fourth-order valence-corrected chi connectivity index (χ4v) is 1.64. The Morgan fingerprint density at radius 3 is 3.00 bits per heavy atom. The van der Waals surface area contributed by atoms with E-state index in [1.807, 2.05) is 6.07 Å². The van der Waals surface area contributed by atoms with Crippen molar-refractivity contribution in [3.05, 3.63) is 34.9 Å². The molecule has 0 aliphatic carbocycles. The van der Waals surface area contributed by atoms with Gasteiger partial charge >= 0.3 is 0 Å². The molecule has 0 radical (unpaired) electrons. The molecule has 2 nitrogen and oxygen atoms in total. The van der Waals surface area contributed by atoms with Crippen LogP contribution in [0.4, 0.5) is 0 Å². The van der Waals surface area contributed by atoms with Crippen molar-refractivity contribution in [1.29, 1.82) is 0 Å². The first-order valence-electron chi connectivity index (χ1n) is 4.65. The summed E-state index contributed by atoms with van der Waals surface area (Å²) in [7, 11) is 0. The van der Waals surface area contributed by atoms with Crippen molar-refractivity contribution in [2.45, 2.75) is 26.1 Å². The van der Waals surface area contributed by atoms with E-state index in [1.165, 1.54) is 11.1 Å². The molecule has 1 aromatic carbocycles. The van der Waals surface area contributed by atoms with Crippen LogP contribution in [0.2, 0.25) is 0 Å². The zero-order chi connectivity index (χ0) is 9.26. The monoisotopic (exact) mass is 178 g/mol. The number of benzene rings is 1. The largest absolute Gasteiger partial charge is 0.389 e. The molecule has 13 heavy (non-hydrogen) atoms. The van der Waals surface area contributed by atoms with Gasteiger partial charge in [-0.2, -0.15) is 0 Å². The van der Waals surface area contributed by atoms with Crippen molar-refractivity contribution in [2.24, 2.45) is 0 Å².